The number of nitrogens with zero attached hydrogens (tertiary/aromatic N) is 1. The largest absolute Gasteiger partial charge is 0.507 e. The Kier molecular flexibility index (Phi) is 5.22. The minimum atomic E-state index is -0.707. The molecule has 0 spiro atoms. The van der Waals surface area contributed by atoms with E-state index in [-0.39, 0.29) is 17.9 Å². The summed E-state index contributed by atoms with van der Waals surface area (Å²) in [5, 5.41) is 12.8. The first-order chi connectivity index (χ1) is 14.1. The fourth-order valence-electron chi connectivity index (χ4n) is 3.39. The van der Waals surface area contributed by atoms with E-state index in [1.807, 2.05) is 24.4 Å². The number of ether oxygens (including phenoxy) is 1. The SMILES string of the molecule is CCOc1ccc(/C(O)=C2\C(=O)C(=O)N(Cc3ccco3)C2c2cccs2)cc1. The van der Waals surface area contributed by atoms with Gasteiger partial charge < -0.3 is 19.2 Å². The number of Topliss-reactive ketones (excluding diaryl/α,β-unsaturated/α-hetero) is 1. The molecule has 0 bridgehead atoms. The molecule has 1 fully saturated rings. The Labute approximate surface area is 171 Å². The summed E-state index contributed by atoms with van der Waals surface area (Å²) in [5.41, 5.74) is 0.527. The van der Waals surface area contributed by atoms with Crippen molar-refractivity contribution in [1.29, 1.82) is 0 Å². The Balaban J connectivity index is 1.78. The number of thiophene rings is 1. The lowest BCUT2D eigenvalue weighted by atomic mass is 10.00. The number of amides is 1. The van der Waals surface area contributed by atoms with E-state index in [0.717, 1.165) is 4.88 Å². The molecule has 29 heavy (non-hydrogen) atoms. The average molecular weight is 409 g/mol. The van der Waals surface area contributed by atoms with Crippen molar-refractivity contribution in [3.63, 3.8) is 0 Å². The number of ketones is 1. The van der Waals surface area contributed by atoms with Gasteiger partial charge >= 0.3 is 0 Å². The van der Waals surface area contributed by atoms with Crippen molar-refractivity contribution in [2.24, 2.45) is 0 Å². The van der Waals surface area contributed by atoms with Crippen molar-refractivity contribution in [3.05, 3.63) is 81.9 Å². The minimum Gasteiger partial charge on any atom is -0.507 e. The molecule has 7 heteroatoms. The van der Waals surface area contributed by atoms with Crippen molar-refractivity contribution in [2.45, 2.75) is 19.5 Å². The molecule has 0 aliphatic carbocycles. The number of rotatable bonds is 6. The lowest BCUT2D eigenvalue weighted by Gasteiger charge is -2.23. The molecule has 148 valence electrons. The number of hydrogen-bond donors (Lipinski definition) is 1. The first-order valence-electron chi connectivity index (χ1n) is 9.17. The van der Waals surface area contributed by atoms with Crippen LogP contribution in [0, 0.1) is 0 Å². The van der Waals surface area contributed by atoms with Crippen LogP contribution < -0.4 is 4.74 Å². The van der Waals surface area contributed by atoms with Crippen LogP contribution in [0.25, 0.3) is 5.76 Å². The number of aliphatic hydroxyl groups excluding tert-OH is 1. The van der Waals surface area contributed by atoms with Gasteiger partial charge in [0.1, 0.15) is 23.3 Å². The molecule has 1 atom stereocenters. The minimum absolute atomic E-state index is 0.0770. The first kappa shape index (κ1) is 19.0. The molecule has 3 aromatic rings. The lowest BCUT2D eigenvalue weighted by molar-refractivity contribution is -0.140. The van der Waals surface area contributed by atoms with Gasteiger partial charge in [0.2, 0.25) is 0 Å². The van der Waals surface area contributed by atoms with E-state index in [0.29, 0.717) is 23.7 Å². The van der Waals surface area contributed by atoms with Crippen molar-refractivity contribution < 1.29 is 23.8 Å². The maximum atomic E-state index is 12.9. The summed E-state index contributed by atoms with van der Waals surface area (Å²) in [6.45, 7) is 2.55. The molecule has 2 aromatic heterocycles. The summed E-state index contributed by atoms with van der Waals surface area (Å²) < 4.78 is 10.8. The van der Waals surface area contributed by atoms with Crippen LogP contribution in [0.15, 0.2) is 70.2 Å². The van der Waals surface area contributed by atoms with Gasteiger partial charge in [0, 0.05) is 10.4 Å². The normalized spacial score (nSPS) is 18.4. The predicted octanol–water partition coefficient (Wildman–Crippen LogP) is 4.36. The molecule has 1 aliphatic rings. The summed E-state index contributed by atoms with van der Waals surface area (Å²) in [6.07, 6.45) is 1.52. The molecular formula is C22H19NO5S. The molecule has 1 unspecified atom stereocenters. The molecule has 1 aromatic carbocycles. The number of furan rings is 1. The lowest BCUT2D eigenvalue weighted by Crippen LogP contribution is -2.28. The van der Waals surface area contributed by atoms with Gasteiger partial charge in [0.05, 0.1) is 25.0 Å². The summed E-state index contributed by atoms with van der Waals surface area (Å²) in [5.74, 6) is -0.341. The van der Waals surface area contributed by atoms with Crippen LogP contribution >= 0.6 is 11.3 Å². The van der Waals surface area contributed by atoms with Crippen LogP contribution in [-0.4, -0.2) is 28.3 Å². The van der Waals surface area contributed by atoms with E-state index in [4.69, 9.17) is 9.15 Å². The van der Waals surface area contributed by atoms with Gasteiger partial charge in [-0.15, -0.1) is 11.3 Å². The third-order valence-corrected chi connectivity index (χ3v) is 5.62. The topological polar surface area (TPSA) is 80.0 Å². The number of benzene rings is 1. The van der Waals surface area contributed by atoms with Gasteiger partial charge in [0.25, 0.3) is 11.7 Å². The molecule has 1 amide bonds. The Hall–Kier alpha value is -3.32. The summed E-state index contributed by atoms with van der Waals surface area (Å²) in [6, 6.07) is 13.3. The zero-order valence-corrected chi connectivity index (χ0v) is 16.5. The predicted molar refractivity (Wildman–Crippen MR) is 108 cm³/mol. The second-order valence-electron chi connectivity index (χ2n) is 6.48. The van der Waals surface area contributed by atoms with E-state index in [1.165, 1.54) is 22.5 Å². The van der Waals surface area contributed by atoms with Gasteiger partial charge in [0.15, 0.2) is 0 Å². The van der Waals surface area contributed by atoms with Crippen LogP contribution in [0.2, 0.25) is 0 Å². The molecule has 6 nitrogen and oxygen atoms in total. The third-order valence-electron chi connectivity index (χ3n) is 4.70. The average Bonchev–Trinajstić information content (AvgIpc) is 3.47. The molecular weight excluding hydrogens is 390 g/mol. The van der Waals surface area contributed by atoms with Gasteiger partial charge in [-0.1, -0.05) is 6.07 Å². The van der Waals surface area contributed by atoms with Gasteiger partial charge in [-0.2, -0.15) is 0 Å². The van der Waals surface area contributed by atoms with Crippen LogP contribution in [0.4, 0.5) is 0 Å². The second kappa shape index (κ2) is 7.97. The molecule has 1 aliphatic heterocycles. The van der Waals surface area contributed by atoms with E-state index in [1.54, 1.807) is 36.4 Å². The molecule has 1 saturated heterocycles. The van der Waals surface area contributed by atoms with Gasteiger partial charge in [-0.05, 0) is 54.8 Å². The van der Waals surface area contributed by atoms with E-state index in [2.05, 4.69) is 0 Å². The second-order valence-corrected chi connectivity index (χ2v) is 7.46. The molecule has 0 saturated carbocycles. The number of likely N-dealkylation sites (tertiary alicyclic amines) is 1. The smallest absolute Gasteiger partial charge is 0.296 e. The van der Waals surface area contributed by atoms with Crippen LogP contribution in [0.5, 0.6) is 5.75 Å². The van der Waals surface area contributed by atoms with Crippen molar-refractivity contribution in [3.8, 4) is 5.75 Å². The highest BCUT2D eigenvalue weighted by atomic mass is 32.1. The van der Waals surface area contributed by atoms with E-state index < -0.39 is 17.7 Å². The van der Waals surface area contributed by atoms with Crippen molar-refractivity contribution in [1.82, 2.24) is 4.90 Å². The monoisotopic (exact) mass is 409 g/mol. The van der Waals surface area contributed by atoms with Crippen molar-refractivity contribution >= 4 is 28.8 Å². The third kappa shape index (κ3) is 3.56. The van der Waals surface area contributed by atoms with E-state index >= 15 is 0 Å². The number of carbonyl (C=O) groups is 2. The van der Waals surface area contributed by atoms with Crippen molar-refractivity contribution in [2.75, 3.05) is 6.61 Å². The quantitative estimate of drug-likeness (QED) is 0.372. The summed E-state index contributed by atoms with van der Waals surface area (Å²) in [7, 11) is 0. The highest BCUT2D eigenvalue weighted by Gasteiger charge is 2.46. The first-order valence-corrected chi connectivity index (χ1v) is 10.1. The standard InChI is InChI=1S/C22H19NO5S/c1-2-27-15-9-7-14(8-10-15)20(24)18-19(17-6-4-12-29-17)23(22(26)21(18)25)13-16-5-3-11-28-16/h3-12,19,24H,2,13H2,1H3/b20-18+. The number of aliphatic hydroxyl groups is 1. The van der Waals surface area contributed by atoms with Gasteiger partial charge in [-0.25, -0.2) is 0 Å². The number of carbonyl (C=O) groups excluding carboxylic acids is 2. The maximum Gasteiger partial charge on any atom is 0.296 e. The fraction of sp³-hybridized carbons (Fsp3) is 0.182. The zero-order chi connectivity index (χ0) is 20.4. The summed E-state index contributed by atoms with van der Waals surface area (Å²) in [4.78, 5) is 27.9. The van der Waals surface area contributed by atoms with Gasteiger partial charge in [-0.3, -0.25) is 9.59 Å². The Morgan fingerprint density at radius 1 is 1.17 bits per heavy atom. The highest BCUT2D eigenvalue weighted by Crippen LogP contribution is 2.41. The Bertz CT molecular complexity index is 1040. The highest BCUT2D eigenvalue weighted by molar-refractivity contribution is 7.10. The number of hydrogen-bond acceptors (Lipinski definition) is 6. The fourth-order valence-corrected chi connectivity index (χ4v) is 4.23. The molecule has 4 rings (SSSR count). The van der Waals surface area contributed by atoms with Crippen LogP contribution in [-0.2, 0) is 16.1 Å². The summed E-state index contributed by atoms with van der Waals surface area (Å²) >= 11 is 1.42. The maximum absolute atomic E-state index is 12.9. The molecule has 3 heterocycles. The van der Waals surface area contributed by atoms with Crippen LogP contribution in [0.1, 0.15) is 29.2 Å². The van der Waals surface area contributed by atoms with Crippen LogP contribution in [0.3, 0.4) is 0 Å². The zero-order valence-electron chi connectivity index (χ0n) is 15.7. The van der Waals surface area contributed by atoms with E-state index in [9.17, 15) is 14.7 Å². The Morgan fingerprint density at radius 3 is 2.59 bits per heavy atom. The molecule has 1 N–H and O–H groups in total. The molecule has 0 radical (unpaired) electrons. The Morgan fingerprint density at radius 2 is 1.97 bits per heavy atom.